The summed E-state index contributed by atoms with van der Waals surface area (Å²) >= 11 is 0. The largest absolute Gasteiger partial charge is 0.480 e. The lowest BCUT2D eigenvalue weighted by molar-refractivity contribution is -0.150. The molecule has 5 heteroatoms. The van der Waals surface area contributed by atoms with Crippen molar-refractivity contribution in [2.45, 2.75) is 76.0 Å². The van der Waals surface area contributed by atoms with Crippen LogP contribution < -0.4 is 0 Å². The molecule has 5 nitrogen and oxygen atoms in total. The van der Waals surface area contributed by atoms with E-state index in [1.807, 2.05) is 0 Å². The maximum absolute atomic E-state index is 12.6. The molecule has 118 valence electrons. The number of nitrogens with zero attached hydrogens (tertiary/aromatic N) is 1. The summed E-state index contributed by atoms with van der Waals surface area (Å²) in [4.78, 5) is 25.8. The molecule has 1 saturated carbocycles. The summed E-state index contributed by atoms with van der Waals surface area (Å²) in [5.41, 5.74) is 0. The first kappa shape index (κ1) is 14.8. The number of carbonyl (C=O) groups is 2. The van der Waals surface area contributed by atoms with Gasteiger partial charge in [0, 0.05) is 19.1 Å². The number of carboxylic acid groups (broad SMARTS) is 1. The normalized spacial score (nSPS) is 35.7. The van der Waals surface area contributed by atoms with Gasteiger partial charge in [0.2, 0.25) is 5.91 Å². The van der Waals surface area contributed by atoms with E-state index < -0.39 is 12.0 Å². The highest BCUT2D eigenvalue weighted by atomic mass is 16.5. The Morgan fingerprint density at radius 1 is 1.14 bits per heavy atom. The molecule has 1 amide bonds. The van der Waals surface area contributed by atoms with Crippen molar-refractivity contribution in [1.82, 2.24) is 4.90 Å². The molecule has 0 aromatic carbocycles. The summed E-state index contributed by atoms with van der Waals surface area (Å²) in [6.45, 7) is 0.797. The lowest BCUT2D eigenvalue weighted by Gasteiger charge is -2.33. The van der Waals surface area contributed by atoms with Crippen LogP contribution in [0.5, 0.6) is 0 Å². The number of aliphatic carboxylic acids is 1. The number of carboxylic acids is 1. The molecule has 4 unspecified atom stereocenters. The molecule has 0 radical (unpaired) electrons. The van der Waals surface area contributed by atoms with Gasteiger partial charge in [-0.25, -0.2) is 4.79 Å². The van der Waals surface area contributed by atoms with Crippen LogP contribution in [0.15, 0.2) is 0 Å². The molecule has 2 aliphatic heterocycles. The number of likely N-dealkylation sites (tertiary alicyclic amines) is 1. The van der Waals surface area contributed by atoms with Gasteiger partial charge in [-0.3, -0.25) is 4.79 Å². The second-order valence-electron chi connectivity index (χ2n) is 6.68. The first-order valence-corrected chi connectivity index (χ1v) is 8.32. The van der Waals surface area contributed by atoms with E-state index >= 15 is 0 Å². The average Bonchev–Trinajstić information content (AvgIpc) is 3.11. The third-order valence-corrected chi connectivity index (χ3v) is 5.37. The van der Waals surface area contributed by atoms with Crippen LogP contribution in [-0.2, 0) is 14.3 Å². The van der Waals surface area contributed by atoms with Crippen molar-refractivity contribution in [1.29, 1.82) is 0 Å². The third kappa shape index (κ3) is 3.07. The Bertz CT molecular complexity index is 405. The maximum Gasteiger partial charge on any atom is 0.326 e. The lowest BCUT2D eigenvalue weighted by Crippen LogP contribution is -2.46. The van der Waals surface area contributed by atoms with Crippen molar-refractivity contribution in [3.63, 3.8) is 0 Å². The van der Waals surface area contributed by atoms with Gasteiger partial charge in [0.1, 0.15) is 6.04 Å². The van der Waals surface area contributed by atoms with Crippen LogP contribution in [0.2, 0.25) is 0 Å². The topological polar surface area (TPSA) is 66.8 Å². The molecule has 2 saturated heterocycles. The van der Waals surface area contributed by atoms with E-state index in [1.54, 1.807) is 4.90 Å². The van der Waals surface area contributed by atoms with E-state index in [0.29, 0.717) is 18.8 Å². The minimum Gasteiger partial charge on any atom is -0.480 e. The van der Waals surface area contributed by atoms with Crippen molar-refractivity contribution in [2.24, 2.45) is 5.92 Å². The van der Waals surface area contributed by atoms with E-state index in [2.05, 4.69) is 0 Å². The van der Waals surface area contributed by atoms with E-state index in [0.717, 1.165) is 45.1 Å². The van der Waals surface area contributed by atoms with Gasteiger partial charge < -0.3 is 14.7 Å². The van der Waals surface area contributed by atoms with E-state index in [-0.39, 0.29) is 18.1 Å². The zero-order chi connectivity index (χ0) is 14.8. The molecule has 1 aliphatic carbocycles. The molecule has 21 heavy (non-hydrogen) atoms. The van der Waals surface area contributed by atoms with Gasteiger partial charge in [0.25, 0.3) is 0 Å². The predicted molar refractivity (Wildman–Crippen MR) is 76.8 cm³/mol. The minimum atomic E-state index is -0.838. The Labute approximate surface area is 125 Å². The molecular formula is C16H25NO4. The SMILES string of the molecule is O=C(O)C1CC2CCCCC2N1C(=O)CCC1CCCO1. The fourth-order valence-corrected chi connectivity index (χ4v) is 4.32. The fourth-order valence-electron chi connectivity index (χ4n) is 4.32. The van der Waals surface area contributed by atoms with Crippen molar-refractivity contribution in [3.8, 4) is 0 Å². The summed E-state index contributed by atoms with van der Waals surface area (Å²) in [5.74, 6) is -0.423. The Kier molecular flexibility index (Phi) is 4.48. The van der Waals surface area contributed by atoms with E-state index in [4.69, 9.17) is 4.74 Å². The van der Waals surface area contributed by atoms with Gasteiger partial charge in [-0.1, -0.05) is 12.8 Å². The number of hydrogen-bond donors (Lipinski definition) is 1. The Balaban J connectivity index is 1.64. The number of ether oxygens (including phenoxy) is 1. The third-order valence-electron chi connectivity index (χ3n) is 5.37. The lowest BCUT2D eigenvalue weighted by atomic mass is 9.84. The summed E-state index contributed by atoms with van der Waals surface area (Å²) in [6, 6.07) is -0.438. The van der Waals surface area contributed by atoms with E-state index in [9.17, 15) is 14.7 Å². The molecule has 0 aromatic heterocycles. The van der Waals surface area contributed by atoms with Crippen LogP contribution in [0.4, 0.5) is 0 Å². The summed E-state index contributed by atoms with van der Waals surface area (Å²) in [6.07, 6.45) is 8.44. The number of fused-ring (bicyclic) bond motifs is 1. The Morgan fingerprint density at radius 3 is 2.67 bits per heavy atom. The highest BCUT2D eigenvalue weighted by molar-refractivity contribution is 5.84. The minimum absolute atomic E-state index is 0.0206. The van der Waals surface area contributed by atoms with Crippen LogP contribution >= 0.6 is 0 Å². The second kappa shape index (κ2) is 6.34. The van der Waals surface area contributed by atoms with Gasteiger partial charge in [0.15, 0.2) is 0 Å². The molecular weight excluding hydrogens is 270 g/mol. The molecule has 1 N–H and O–H groups in total. The molecule has 0 spiro atoms. The maximum atomic E-state index is 12.6. The molecule has 0 aromatic rings. The summed E-state index contributed by atoms with van der Waals surface area (Å²) < 4.78 is 5.56. The molecule has 4 atom stereocenters. The first-order chi connectivity index (χ1) is 10.2. The van der Waals surface area contributed by atoms with Gasteiger partial charge in [-0.2, -0.15) is 0 Å². The van der Waals surface area contributed by atoms with Gasteiger partial charge in [-0.15, -0.1) is 0 Å². The molecule has 0 bridgehead atoms. The van der Waals surface area contributed by atoms with Crippen LogP contribution in [0.3, 0.4) is 0 Å². The average molecular weight is 295 g/mol. The molecule has 3 fully saturated rings. The van der Waals surface area contributed by atoms with Crippen molar-refractivity contribution in [3.05, 3.63) is 0 Å². The summed E-state index contributed by atoms with van der Waals surface area (Å²) in [7, 11) is 0. The van der Waals surface area contributed by atoms with Gasteiger partial charge >= 0.3 is 5.97 Å². The van der Waals surface area contributed by atoms with Crippen molar-refractivity contribution < 1.29 is 19.4 Å². The number of carbonyl (C=O) groups excluding carboxylic acids is 1. The van der Waals surface area contributed by atoms with Crippen LogP contribution in [0, 0.1) is 5.92 Å². The van der Waals surface area contributed by atoms with Crippen LogP contribution in [0.25, 0.3) is 0 Å². The molecule has 2 heterocycles. The standard InChI is InChI=1S/C16H25NO4/c18-15(8-7-12-5-3-9-21-12)17-13-6-2-1-4-11(13)10-14(17)16(19)20/h11-14H,1-10H2,(H,19,20). The van der Waals surface area contributed by atoms with Crippen molar-refractivity contribution in [2.75, 3.05) is 6.61 Å². The smallest absolute Gasteiger partial charge is 0.326 e. The first-order valence-electron chi connectivity index (χ1n) is 8.32. The number of amides is 1. The highest BCUT2D eigenvalue weighted by Crippen LogP contribution is 2.40. The Morgan fingerprint density at radius 2 is 1.95 bits per heavy atom. The van der Waals surface area contributed by atoms with Gasteiger partial charge in [0.05, 0.1) is 6.10 Å². The Hall–Kier alpha value is -1.10. The van der Waals surface area contributed by atoms with Gasteiger partial charge in [-0.05, 0) is 44.4 Å². The summed E-state index contributed by atoms with van der Waals surface area (Å²) in [5, 5.41) is 9.44. The zero-order valence-corrected chi connectivity index (χ0v) is 12.5. The second-order valence-corrected chi connectivity index (χ2v) is 6.68. The quantitative estimate of drug-likeness (QED) is 0.863. The van der Waals surface area contributed by atoms with Crippen molar-refractivity contribution >= 4 is 11.9 Å². The predicted octanol–water partition coefficient (Wildman–Crippen LogP) is 2.19. The number of rotatable bonds is 4. The molecule has 3 rings (SSSR count). The van der Waals surface area contributed by atoms with E-state index in [1.165, 1.54) is 6.42 Å². The van der Waals surface area contributed by atoms with Crippen LogP contribution in [-0.4, -0.2) is 46.7 Å². The number of hydrogen-bond acceptors (Lipinski definition) is 3. The highest BCUT2D eigenvalue weighted by Gasteiger charge is 2.47. The van der Waals surface area contributed by atoms with Crippen LogP contribution in [0.1, 0.15) is 57.8 Å². The zero-order valence-electron chi connectivity index (χ0n) is 12.5. The monoisotopic (exact) mass is 295 g/mol. The molecule has 3 aliphatic rings. The fraction of sp³-hybridized carbons (Fsp3) is 0.875.